The molecule has 2 aromatic carbocycles. The number of rotatable bonds is 3. The standard InChI is InChI=1S/C20H24N/c1-16-14-21(2,3)15-19(16)20(17-10-6-4-7-11-17)18-12-8-5-9-13-18/h4-13,20H,14-15H2,1-3H3/q+1. The Hall–Kier alpha value is -1.86. The number of benzene rings is 2. The molecule has 0 aliphatic carbocycles. The van der Waals surface area contributed by atoms with Crippen molar-refractivity contribution < 1.29 is 4.48 Å². The summed E-state index contributed by atoms with van der Waals surface area (Å²) in [4.78, 5) is 0. The summed E-state index contributed by atoms with van der Waals surface area (Å²) in [5.41, 5.74) is 5.95. The smallest absolute Gasteiger partial charge is 0.102 e. The van der Waals surface area contributed by atoms with Crippen LogP contribution in [0.5, 0.6) is 0 Å². The van der Waals surface area contributed by atoms with E-state index in [1.54, 1.807) is 11.1 Å². The van der Waals surface area contributed by atoms with Crippen molar-refractivity contribution in [3.63, 3.8) is 0 Å². The number of likely N-dealkylation sites (N-methyl/N-ethyl adjacent to an activating group) is 1. The predicted octanol–water partition coefficient (Wildman–Crippen LogP) is 4.23. The van der Waals surface area contributed by atoms with Crippen molar-refractivity contribution in [2.24, 2.45) is 0 Å². The molecule has 0 fully saturated rings. The molecule has 0 unspecified atom stereocenters. The van der Waals surface area contributed by atoms with Crippen LogP contribution < -0.4 is 0 Å². The lowest BCUT2D eigenvalue weighted by molar-refractivity contribution is -0.875. The zero-order valence-electron chi connectivity index (χ0n) is 13.2. The maximum atomic E-state index is 2.32. The molecule has 0 saturated carbocycles. The van der Waals surface area contributed by atoms with Crippen LogP contribution in [0.2, 0.25) is 0 Å². The first-order valence-electron chi connectivity index (χ1n) is 7.67. The summed E-state index contributed by atoms with van der Waals surface area (Å²) in [6, 6.07) is 21.8. The fourth-order valence-electron chi connectivity index (χ4n) is 3.62. The van der Waals surface area contributed by atoms with Crippen molar-refractivity contribution in [3.05, 3.63) is 82.9 Å². The molecule has 0 saturated heterocycles. The molecule has 1 heterocycles. The number of nitrogens with zero attached hydrogens (tertiary/aromatic N) is 1. The third-order valence-electron chi connectivity index (χ3n) is 4.43. The van der Waals surface area contributed by atoms with Gasteiger partial charge in [-0.25, -0.2) is 0 Å². The molecule has 1 heteroatoms. The molecule has 0 aromatic heterocycles. The molecule has 108 valence electrons. The van der Waals surface area contributed by atoms with Crippen LogP contribution >= 0.6 is 0 Å². The Balaban J connectivity index is 2.08. The van der Waals surface area contributed by atoms with Gasteiger partial charge in [-0.3, -0.25) is 0 Å². The molecule has 0 N–H and O–H groups in total. The lowest BCUT2D eigenvalue weighted by atomic mass is 9.83. The average Bonchev–Trinajstić information content (AvgIpc) is 2.75. The van der Waals surface area contributed by atoms with Crippen LogP contribution in [-0.4, -0.2) is 31.7 Å². The van der Waals surface area contributed by atoms with Crippen LogP contribution in [0.1, 0.15) is 24.0 Å². The summed E-state index contributed by atoms with van der Waals surface area (Å²) in [6.07, 6.45) is 0. The van der Waals surface area contributed by atoms with E-state index in [2.05, 4.69) is 81.7 Å². The van der Waals surface area contributed by atoms with Crippen molar-refractivity contribution >= 4 is 0 Å². The molecule has 1 aliphatic rings. The van der Waals surface area contributed by atoms with Gasteiger partial charge in [0.2, 0.25) is 0 Å². The van der Waals surface area contributed by atoms with Gasteiger partial charge in [-0.05, 0) is 23.6 Å². The van der Waals surface area contributed by atoms with E-state index in [-0.39, 0.29) is 0 Å². The van der Waals surface area contributed by atoms with Crippen molar-refractivity contribution in [3.8, 4) is 0 Å². The molecule has 0 spiro atoms. The predicted molar refractivity (Wildman–Crippen MR) is 89.3 cm³/mol. The SMILES string of the molecule is CC1=C(C(c2ccccc2)c2ccccc2)C[N+](C)(C)C1. The minimum Gasteiger partial charge on any atom is -0.321 e. The first-order chi connectivity index (χ1) is 10.1. The molecule has 21 heavy (non-hydrogen) atoms. The highest BCUT2D eigenvalue weighted by molar-refractivity contribution is 5.43. The minimum atomic E-state index is 0.396. The second kappa shape index (κ2) is 5.50. The zero-order valence-corrected chi connectivity index (χ0v) is 13.2. The third-order valence-corrected chi connectivity index (χ3v) is 4.43. The first-order valence-corrected chi connectivity index (χ1v) is 7.67. The zero-order chi connectivity index (χ0) is 14.9. The van der Waals surface area contributed by atoms with Gasteiger partial charge in [0.1, 0.15) is 13.1 Å². The van der Waals surface area contributed by atoms with Gasteiger partial charge in [-0.15, -0.1) is 0 Å². The van der Waals surface area contributed by atoms with Crippen molar-refractivity contribution in [1.82, 2.24) is 0 Å². The van der Waals surface area contributed by atoms with Crippen LogP contribution in [0, 0.1) is 0 Å². The Morgan fingerprint density at radius 2 is 1.24 bits per heavy atom. The highest BCUT2D eigenvalue weighted by Gasteiger charge is 2.33. The van der Waals surface area contributed by atoms with Gasteiger partial charge in [0, 0.05) is 11.5 Å². The lowest BCUT2D eigenvalue weighted by Gasteiger charge is -2.26. The van der Waals surface area contributed by atoms with Crippen LogP contribution in [0.15, 0.2) is 71.8 Å². The monoisotopic (exact) mass is 278 g/mol. The van der Waals surface area contributed by atoms with Crippen LogP contribution in [-0.2, 0) is 0 Å². The number of hydrogen-bond acceptors (Lipinski definition) is 0. The second-order valence-electron chi connectivity index (χ2n) is 6.81. The summed E-state index contributed by atoms with van der Waals surface area (Å²) in [6.45, 7) is 4.60. The summed E-state index contributed by atoms with van der Waals surface area (Å²) < 4.78 is 1.07. The highest BCUT2D eigenvalue weighted by atomic mass is 15.3. The van der Waals surface area contributed by atoms with Gasteiger partial charge in [-0.1, -0.05) is 60.7 Å². The molecule has 0 atom stereocenters. The van der Waals surface area contributed by atoms with Crippen LogP contribution in [0.25, 0.3) is 0 Å². The van der Waals surface area contributed by atoms with E-state index in [0.29, 0.717) is 5.92 Å². The van der Waals surface area contributed by atoms with Gasteiger partial charge in [-0.2, -0.15) is 0 Å². The number of quaternary nitrogens is 1. The van der Waals surface area contributed by atoms with E-state index in [1.165, 1.54) is 11.1 Å². The van der Waals surface area contributed by atoms with Crippen LogP contribution in [0.4, 0.5) is 0 Å². The van der Waals surface area contributed by atoms with E-state index >= 15 is 0 Å². The normalized spacial score (nSPS) is 17.5. The molecule has 1 aliphatic heterocycles. The van der Waals surface area contributed by atoms with E-state index in [0.717, 1.165) is 17.6 Å². The Morgan fingerprint density at radius 1 is 0.762 bits per heavy atom. The first kappa shape index (κ1) is 14.1. The quantitative estimate of drug-likeness (QED) is 0.582. The fraction of sp³-hybridized carbons (Fsp3) is 0.300. The van der Waals surface area contributed by atoms with Crippen LogP contribution in [0.3, 0.4) is 0 Å². The molecular formula is C20H24N+. The van der Waals surface area contributed by atoms with Gasteiger partial charge in [0.25, 0.3) is 0 Å². The summed E-state index contributed by atoms with van der Waals surface area (Å²) >= 11 is 0. The van der Waals surface area contributed by atoms with E-state index in [1.807, 2.05) is 0 Å². The average molecular weight is 278 g/mol. The third kappa shape index (κ3) is 2.93. The summed E-state index contributed by atoms with van der Waals surface area (Å²) in [5.74, 6) is 0.396. The Kier molecular flexibility index (Phi) is 3.69. The second-order valence-corrected chi connectivity index (χ2v) is 6.81. The van der Waals surface area contributed by atoms with Crippen molar-refractivity contribution in [2.75, 3.05) is 27.2 Å². The van der Waals surface area contributed by atoms with E-state index in [9.17, 15) is 0 Å². The number of hydrogen-bond donors (Lipinski definition) is 0. The molecular weight excluding hydrogens is 254 g/mol. The molecule has 3 rings (SSSR count). The molecule has 0 radical (unpaired) electrons. The Morgan fingerprint density at radius 3 is 1.62 bits per heavy atom. The molecule has 0 amide bonds. The van der Waals surface area contributed by atoms with Gasteiger partial charge < -0.3 is 4.48 Å². The summed E-state index contributed by atoms with van der Waals surface area (Å²) in [5, 5.41) is 0. The van der Waals surface area contributed by atoms with E-state index < -0.39 is 0 Å². The largest absolute Gasteiger partial charge is 0.321 e. The lowest BCUT2D eigenvalue weighted by Crippen LogP contribution is -2.37. The Labute approximate surface area is 128 Å². The highest BCUT2D eigenvalue weighted by Crippen LogP contribution is 2.38. The minimum absolute atomic E-state index is 0.396. The molecule has 0 bridgehead atoms. The Bertz CT molecular complexity index is 599. The van der Waals surface area contributed by atoms with Gasteiger partial charge in [0.05, 0.1) is 14.1 Å². The van der Waals surface area contributed by atoms with Gasteiger partial charge in [0.15, 0.2) is 0 Å². The molecule has 2 aromatic rings. The van der Waals surface area contributed by atoms with Crippen molar-refractivity contribution in [1.29, 1.82) is 0 Å². The van der Waals surface area contributed by atoms with Crippen molar-refractivity contribution in [2.45, 2.75) is 12.8 Å². The maximum absolute atomic E-state index is 2.32. The molecule has 1 nitrogen and oxygen atoms in total. The van der Waals surface area contributed by atoms with Gasteiger partial charge >= 0.3 is 0 Å². The fourth-order valence-corrected chi connectivity index (χ4v) is 3.62. The maximum Gasteiger partial charge on any atom is 0.102 e. The summed E-state index contributed by atoms with van der Waals surface area (Å²) in [7, 11) is 4.65. The van der Waals surface area contributed by atoms with E-state index in [4.69, 9.17) is 0 Å². The topological polar surface area (TPSA) is 0 Å².